The predicted octanol–water partition coefficient (Wildman–Crippen LogP) is 16.7. The number of rotatable bonds is 6. The second-order valence-corrected chi connectivity index (χ2v) is 19.3. The number of benzene rings is 12. The fourth-order valence-corrected chi connectivity index (χ4v) is 11.9. The molecule has 0 saturated heterocycles. The van der Waals surface area contributed by atoms with Gasteiger partial charge in [0.15, 0.2) is 0 Å². The van der Waals surface area contributed by atoms with E-state index in [2.05, 4.69) is 237 Å². The summed E-state index contributed by atoms with van der Waals surface area (Å²) in [5.74, 6) is 0. The lowest BCUT2D eigenvalue weighted by molar-refractivity contribution is 1.17. The second-order valence-electron chi connectivity index (χ2n) is 19.3. The Kier molecular flexibility index (Phi) is 8.68. The maximum atomic E-state index is 6.39. The number of para-hydroxylation sites is 3. The van der Waals surface area contributed by atoms with E-state index in [9.17, 15) is 0 Å². The first-order valence-electron chi connectivity index (χ1n) is 24.7. The van der Waals surface area contributed by atoms with Crippen molar-refractivity contribution in [2.24, 2.45) is 0 Å². The Balaban J connectivity index is 1.05. The molecule has 344 valence electrons. The average Bonchev–Trinajstić information content (AvgIpc) is 4.07. The zero-order chi connectivity index (χ0) is 48.5. The lowest BCUT2D eigenvalue weighted by Crippen LogP contribution is -2.10. The van der Waals surface area contributed by atoms with Gasteiger partial charge in [0.05, 0.1) is 33.1 Å². The molecule has 15 rings (SSSR count). The van der Waals surface area contributed by atoms with Crippen LogP contribution in [0.15, 0.2) is 237 Å². The monoisotopic (exact) mass is 935 g/mol. The molecule has 0 amide bonds. The van der Waals surface area contributed by atoms with Crippen molar-refractivity contribution in [3.8, 4) is 17.1 Å². The van der Waals surface area contributed by atoms with Crippen LogP contribution in [0.1, 0.15) is 0 Å². The molecular weight excluding hydrogens is 891 g/mol. The predicted molar refractivity (Wildman–Crippen MR) is 310 cm³/mol. The summed E-state index contributed by atoms with van der Waals surface area (Å²) in [5.41, 5.74) is 34.5. The molecular formula is C66H45N7. The fraction of sp³-hybridized carbons (Fsp3) is 0. The summed E-state index contributed by atoms with van der Waals surface area (Å²) in [6.45, 7) is 0. The standard InChI is InChI=1S/C66H45N7/c67-43-19-28-52-40(34-43)16-25-58-55-31-22-49(37-61(55)71(64(52)58)46-10-4-1-5-11-46)70(50-23-32-56-59-26-17-41-35-44(68)20-29-53(41)65(59)72(62(56)38-50)47-12-6-2-7-13-47)51-24-33-57-60-27-18-42-36-45(69)21-30-54(42)66(60)73(63(57)39-51)48-14-8-3-9-15-48/h1-39H,67-69H2. The topological polar surface area (TPSA) is 96.1 Å². The van der Waals surface area contributed by atoms with Crippen LogP contribution in [0, 0.1) is 0 Å². The SMILES string of the molecule is Nc1ccc2c(ccc3c4ccc(N(c5ccc6c7ccc8cc(N)ccc8c7n(-c7ccccc7)c6c5)c5ccc6c7ccc8cc(N)ccc8c7n(-c7ccccc7)c6c5)cc4n(-c4ccccc4)c23)c1. The van der Waals surface area contributed by atoms with Gasteiger partial charge in [0.25, 0.3) is 0 Å². The Bertz CT molecular complexity index is 4280. The molecule has 0 atom stereocenters. The van der Waals surface area contributed by atoms with E-state index in [1.54, 1.807) is 0 Å². The van der Waals surface area contributed by atoms with Gasteiger partial charge in [-0.25, -0.2) is 0 Å². The molecule has 0 unspecified atom stereocenters. The summed E-state index contributed by atoms with van der Waals surface area (Å²) in [7, 11) is 0. The van der Waals surface area contributed by atoms with Crippen molar-refractivity contribution in [3.63, 3.8) is 0 Å². The van der Waals surface area contributed by atoms with E-state index in [0.717, 1.165) is 117 Å². The zero-order valence-corrected chi connectivity index (χ0v) is 39.5. The molecule has 0 saturated carbocycles. The first-order chi connectivity index (χ1) is 35.9. The van der Waals surface area contributed by atoms with Gasteiger partial charge >= 0.3 is 0 Å². The van der Waals surface area contributed by atoms with E-state index in [1.807, 2.05) is 18.2 Å². The number of fused-ring (bicyclic) bond motifs is 15. The highest BCUT2D eigenvalue weighted by atomic mass is 15.2. The van der Waals surface area contributed by atoms with Crippen LogP contribution < -0.4 is 22.1 Å². The van der Waals surface area contributed by atoms with Crippen LogP contribution >= 0.6 is 0 Å². The van der Waals surface area contributed by atoms with E-state index >= 15 is 0 Å². The quantitative estimate of drug-likeness (QED) is 0.145. The second kappa shape index (κ2) is 15.5. The van der Waals surface area contributed by atoms with Gasteiger partial charge in [0.2, 0.25) is 0 Å². The minimum atomic E-state index is 0.745. The Morgan fingerprint density at radius 2 is 0.521 bits per heavy atom. The number of nitrogens with zero attached hydrogens (tertiary/aromatic N) is 4. The van der Waals surface area contributed by atoms with Gasteiger partial charge in [0.1, 0.15) is 0 Å². The van der Waals surface area contributed by atoms with Crippen molar-refractivity contribution in [1.29, 1.82) is 0 Å². The Hall–Kier alpha value is -9.98. The van der Waals surface area contributed by atoms with Crippen molar-refractivity contribution in [2.75, 3.05) is 22.1 Å². The molecule has 0 aliphatic rings. The van der Waals surface area contributed by atoms with E-state index < -0.39 is 0 Å². The van der Waals surface area contributed by atoms with E-state index in [1.165, 1.54) is 32.3 Å². The first kappa shape index (κ1) is 40.9. The lowest BCUT2D eigenvalue weighted by Gasteiger charge is -2.26. The summed E-state index contributed by atoms with van der Waals surface area (Å²) in [6, 6.07) is 85.0. The third-order valence-electron chi connectivity index (χ3n) is 15.1. The highest BCUT2D eigenvalue weighted by molar-refractivity contribution is 6.22. The molecule has 6 N–H and O–H groups in total. The molecule has 0 bridgehead atoms. The van der Waals surface area contributed by atoms with Crippen LogP contribution in [0.5, 0.6) is 0 Å². The molecule has 0 spiro atoms. The van der Waals surface area contributed by atoms with E-state index in [-0.39, 0.29) is 0 Å². The molecule has 7 nitrogen and oxygen atoms in total. The van der Waals surface area contributed by atoms with Gasteiger partial charge in [0, 0.05) is 99.7 Å². The van der Waals surface area contributed by atoms with Gasteiger partial charge in [-0.05, 0) is 125 Å². The van der Waals surface area contributed by atoms with Gasteiger partial charge in [-0.1, -0.05) is 127 Å². The minimum absolute atomic E-state index is 0.745. The molecule has 3 heterocycles. The summed E-state index contributed by atoms with van der Waals surface area (Å²) >= 11 is 0. The van der Waals surface area contributed by atoms with Gasteiger partial charge in [-0.3, -0.25) is 0 Å². The normalized spacial score (nSPS) is 12.0. The van der Waals surface area contributed by atoms with Gasteiger partial charge < -0.3 is 35.8 Å². The number of nitrogens with two attached hydrogens (primary N) is 3. The summed E-state index contributed by atoms with van der Waals surface area (Å²) < 4.78 is 7.27. The van der Waals surface area contributed by atoms with Crippen molar-refractivity contribution < 1.29 is 0 Å². The number of nitrogen functional groups attached to an aromatic ring is 3. The fourth-order valence-electron chi connectivity index (χ4n) is 11.9. The first-order valence-corrected chi connectivity index (χ1v) is 24.7. The third kappa shape index (κ3) is 6.12. The maximum absolute atomic E-state index is 6.39. The van der Waals surface area contributed by atoms with Crippen LogP contribution in [-0.2, 0) is 0 Å². The third-order valence-corrected chi connectivity index (χ3v) is 15.1. The van der Waals surface area contributed by atoms with Crippen LogP contribution in [0.4, 0.5) is 34.1 Å². The summed E-state index contributed by atoms with van der Waals surface area (Å²) in [4.78, 5) is 2.43. The Morgan fingerprint density at radius 1 is 0.247 bits per heavy atom. The van der Waals surface area contributed by atoms with E-state index in [0.29, 0.717) is 0 Å². The van der Waals surface area contributed by atoms with Crippen LogP contribution in [0.25, 0.3) is 115 Å². The Labute approximate surface area is 419 Å². The number of anilines is 6. The number of hydrogen-bond acceptors (Lipinski definition) is 4. The molecule has 0 aliphatic heterocycles. The Morgan fingerprint density at radius 3 is 0.822 bits per heavy atom. The van der Waals surface area contributed by atoms with E-state index in [4.69, 9.17) is 17.2 Å². The summed E-state index contributed by atoms with van der Waals surface area (Å²) in [6.07, 6.45) is 0. The maximum Gasteiger partial charge on any atom is 0.0619 e. The molecule has 3 aromatic heterocycles. The van der Waals surface area contributed by atoms with Gasteiger partial charge in [-0.15, -0.1) is 0 Å². The largest absolute Gasteiger partial charge is 0.399 e. The molecule has 0 radical (unpaired) electrons. The molecule has 0 fully saturated rings. The van der Waals surface area contributed by atoms with Crippen LogP contribution in [0.2, 0.25) is 0 Å². The van der Waals surface area contributed by atoms with Crippen molar-refractivity contribution in [2.45, 2.75) is 0 Å². The van der Waals surface area contributed by atoms with Crippen molar-refractivity contribution in [1.82, 2.24) is 13.7 Å². The highest BCUT2D eigenvalue weighted by Crippen LogP contribution is 2.46. The number of hydrogen-bond donors (Lipinski definition) is 3. The molecule has 7 heteroatoms. The lowest BCUT2D eigenvalue weighted by atomic mass is 10.0. The average molecular weight is 936 g/mol. The number of aromatic nitrogens is 3. The molecule has 12 aromatic carbocycles. The van der Waals surface area contributed by atoms with Gasteiger partial charge in [-0.2, -0.15) is 0 Å². The van der Waals surface area contributed by atoms with Crippen molar-refractivity contribution >= 4 is 132 Å². The van der Waals surface area contributed by atoms with Crippen molar-refractivity contribution in [3.05, 3.63) is 237 Å². The summed E-state index contributed by atoms with van der Waals surface area (Å²) in [5, 5.41) is 13.8. The van der Waals surface area contributed by atoms with Crippen LogP contribution in [0.3, 0.4) is 0 Å². The highest BCUT2D eigenvalue weighted by Gasteiger charge is 2.24. The zero-order valence-electron chi connectivity index (χ0n) is 39.5. The minimum Gasteiger partial charge on any atom is -0.399 e. The van der Waals surface area contributed by atoms with Crippen LogP contribution in [-0.4, -0.2) is 13.7 Å². The molecule has 0 aliphatic carbocycles. The molecule has 73 heavy (non-hydrogen) atoms. The molecule has 15 aromatic rings. The smallest absolute Gasteiger partial charge is 0.0619 e.